The van der Waals surface area contributed by atoms with Gasteiger partial charge in [0.05, 0.1) is 17.6 Å². The van der Waals surface area contributed by atoms with Crippen LogP contribution in [0.3, 0.4) is 0 Å². The monoisotopic (exact) mass is 193 g/mol. The fourth-order valence-electron chi connectivity index (χ4n) is 1.28. The fraction of sp³-hybridized carbons (Fsp3) is 0.545. The van der Waals surface area contributed by atoms with Crippen molar-refractivity contribution >= 4 is 11.4 Å². The van der Waals surface area contributed by atoms with Crippen molar-refractivity contribution in [2.24, 2.45) is 5.92 Å². The number of rotatable bonds is 4. The number of anilines is 2. The van der Waals surface area contributed by atoms with Crippen LogP contribution in [0.25, 0.3) is 0 Å². The number of aromatic nitrogens is 1. The van der Waals surface area contributed by atoms with Crippen LogP contribution in [0, 0.1) is 5.92 Å². The summed E-state index contributed by atoms with van der Waals surface area (Å²) in [5, 5.41) is 3.40. The highest BCUT2D eigenvalue weighted by Crippen LogP contribution is 2.19. The third kappa shape index (κ3) is 2.62. The Morgan fingerprint density at radius 2 is 2.21 bits per heavy atom. The van der Waals surface area contributed by atoms with Gasteiger partial charge in [-0.2, -0.15) is 0 Å². The number of nitrogens with two attached hydrogens (primary N) is 1. The minimum absolute atomic E-state index is 0.435. The van der Waals surface area contributed by atoms with E-state index in [0.29, 0.717) is 17.6 Å². The molecule has 14 heavy (non-hydrogen) atoms. The van der Waals surface area contributed by atoms with Gasteiger partial charge in [0, 0.05) is 12.2 Å². The molecule has 0 spiro atoms. The van der Waals surface area contributed by atoms with Crippen LogP contribution in [0.1, 0.15) is 27.2 Å². The average molecular weight is 193 g/mol. The molecule has 1 rings (SSSR count). The van der Waals surface area contributed by atoms with Crippen molar-refractivity contribution in [2.45, 2.75) is 33.2 Å². The van der Waals surface area contributed by atoms with Crippen molar-refractivity contribution < 1.29 is 0 Å². The molecule has 0 amide bonds. The van der Waals surface area contributed by atoms with Crippen LogP contribution in [-0.4, -0.2) is 11.0 Å². The van der Waals surface area contributed by atoms with Gasteiger partial charge in [0.25, 0.3) is 0 Å². The van der Waals surface area contributed by atoms with E-state index in [4.69, 9.17) is 5.73 Å². The minimum atomic E-state index is 0.435. The topological polar surface area (TPSA) is 50.9 Å². The van der Waals surface area contributed by atoms with E-state index in [1.54, 1.807) is 12.4 Å². The predicted molar refractivity (Wildman–Crippen MR) is 61.2 cm³/mol. The molecule has 0 radical (unpaired) electrons. The second-order valence-corrected chi connectivity index (χ2v) is 3.78. The summed E-state index contributed by atoms with van der Waals surface area (Å²) >= 11 is 0. The molecular formula is C11H19N3. The van der Waals surface area contributed by atoms with E-state index in [1.165, 1.54) is 6.42 Å². The summed E-state index contributed by atoms with van der Waals surface area (Å²) in [7, 11) is 0. The van der Waals surface area contributed by atoms with E-state index in [0.717, 1.165) is 5.69 Å². The standard InChI is InChI=1S/C11H19N3/c1-4-8(2)9(3)14-11-5-6-13-7-10(11)12/h5-9H,4,12H2,1-3H3,(H,13,14). The second-order valence-electron chi connectivity index (χ2n) is 3.78. The highest BCUT2D eigenvalue weighted by Gasteiger charge is 2.10. The Hall–Kier alpha value is -1.25. The molecule has 1 aromatic rings. The van der Waals surface area contributed by atoms with Crippen LogP contribution >= 0.6 is 0 Å². The molecule has 2 atom stereocenters. The van der Waals surface area contributed by atoms with Gasteiger partial charge in [0.1, 0.15) is 0 Å². The first kappa shape index (κ1) is 10.8. The molecule has 1 aromatic heterocycles. The number of hydrogen-bond acceptors (Lipinski definition) is 3. The lowest BCUT2D eigenvalue weighted by atomic mass is 10.0. The van der Waals surface area contributed by atoms with Gasteiger partial charge < -0.3 is 11.1 Å². The van der Waals surface area contributed by atoms with Crippen LogP contribution in [0.5, 0.6) is 0 Å². The Bertz CT molecular complexity index is 286. The van der Waals surface area contributed by atoms with Crippen LogP contribution in [0.4, 0.5) is 11.4 Å². The van der Waals surface area contributed by atoms with Crippen LogP contribution in [-0.2, 0) is 0 Å². The van der Waals surface area contributed by atoms with Crippen molar-refractivity contribution in [2.75, 3.05) is 11.1 Å². The van der Waals surface area contributed by atoms with E-state index in [-0.39, 0.29) is 0 Å². The smallest absolute Gasteiger partial charge is 0.0736 e. The van der Waals surface area contributed by atoms with Gasteiger partial charge >= 0.3 is 0 Å². The van der Waals surface area contributed by atoms with Crippen molar-refractivity contribution in [3.8, 4) is 0 Å². The van der Waals surface area contributed by atoms with Gasteiger partial charge in [-0.05, 0) is 18.9 Å². The van der Waals surface area contributed by atoms with Gasteiger partial charge in [-0.3, -0.25) is 4.98 Å². The zero-order chi connectivity index (χ0) is 10.6. The first-order valence-corrected chi connectivity index (χ1v) is 5.11. The fourth-order valence-corrected chi connectivity index (χ4v) is 1.28. The molecule has 1 heterocycles. The van der Waals surface area contributed by atoms with Gasteiger partial charge in [-0.1, -0.05) is 20.3 Å². The van der Waals surface area contributed by atoms with Gasteiger partial charge in [0.2, 0.25) is 0 Å². The van der Waals surface area contributed by atoms with Crippen LogP contribution in [0.2, 0.25) is 0 Å². The Balaban J connectivity index is 2.64. The number of nitrogens with one attached hydrogen (secondary N) is 1. The van der Waals surface area contributed by atoms with Crippen LogP contribution < -0.4 is 11.1 Å². The van der Waals surface area contributed by atoms with E-state index < -0.39 is 0 Å². The Kier molecular flexibility index (Phi) is 3.74. The molecule has 0 saturated carbocycles. The molecule has 0 aliphatic heterocycles. The third-order valence-corrected chi connectivity index (χ3v) is 2.73. The summed E-state index contributed by atoms with van der Waals surface area (Å²) in [4.78, 5) is 3.95. The molecule has 2 unspecified atom stereocenters. The van der Waals surface area contributed by atoms with Crippen LogP contribution in [0.15, 0.2) is 18.5 Å². The van der Waals surface area contributed by atoms with Gasteiger partial charge in [-0.25, -0.2) is 0 Å². The molecule has 3 nitrogen and oxygen atoms in total. The van der Waals surface area contributed by atoms with Gasteiger partial charge in [0.15, 0.2) is 0 Å². The first-order valence-electron chi connectivity index (χ1n) is 5.11. The lowest BCUT2D eigenvalue weighted by Crippen LogP contribution is -2.23. The Morgan fingerprint density at radius 3 is 2.79 bits per heavy atom. The molecular weight excluding hydrogens is 174 g/mol. The number of hydrogen-bond donors (Lipinski definition) is 2. The van der Waals surface area contributed by atoms with Gasteiger partial charge in [-0.15, -0.1) is 0 Å². The summed E-state index contributed by atoms with van der Waals surface area (Å²) in [6, 6.07) is 2.35. The van der Waals surface area contributed by atoms with E-state index >= 15 is 0 Å². The molecule has 3 heteroatoms. The first-order chi connectivity index (χ1) is 6.65. The summed E-state index contributed by atoms with van der Waals surface area (Å²) < 4.78 is 0. The molecule has 78 valence electrons. The molecule has 0 aromatic carbocycles. The van der Waals surface area contributed by atoms with E-state index in [9.17, 15) is 0 Å². The highest BCUT2D eigenvalue weighted by atomic mass is 14.9. The second kappa shape index (κ2) is 4.84. The largest absolute Gasteiger partial charge is 0.396 e. The quantitative estimate of drug-likeness (QED) is 0.772. The van der Waals surface area contributed by atoms with Crippen molar-refractivity contribution in [1.29, 1.82) is 0 Å². The maximum absolute atomic E-state index is 5.79. The Morgan fingerprint density at radius 1 is 1.50 bits per heavy atom. The van der Waals surface area contributed by atoms with Crippen molar-refractivity contribution in [1.82, 2.24) is 4.98 Å². The zero-order valence-corrected chi connectivity index (χ0v) is 9.12. The molecule has 0 fully saturated rings. The van der Waals surface area contributed by atoms with Crippen molar-refractivity contribution in [3.63, 3.8) is 0 Å². The SMILES string of the molecule is CCC(C)C(C)Nc1ccncc1N. The molecule has 0 bridgehead atoms. The maximum Gasteiger partial charge on any atom is 0.0736 e. The third-order valence-electron chi connectivity index (χ3n) is 2.73. The maximum atomic E-state index is 5.79. The molecule has 0 aliphatic carbocycles. The summed E-state index contributed by atoms with van der Waals surface area (Å²) in [5.41, 5.74) is 7.48. The lowest BCUT2D eigenvalue weighted by molar-refractivity contribution is 0.495. The normalized spacial score (nSPS) is 14.8. The summed E-state index contributed by atoms with van der Waals surface area (Å²) in [6.07, 6.45) is 4.59. The Labute approximate surface area is 85.7 Å². The average Bonchev–Trinajstić information content (AvgIpc) is 2.20. The summed E-state index contributed by atoms with van der Waals surface area (Å²) in [5.74, 6) is 0.641. The molecule has 0 aliphatic rings. The number of nitrogens with zero attached hydrogens (tertiary/aromatic N) is 1. The predicted octanol–water partition coefficient (Wildman–Crippen LogP) is 2.51. The molecule has 0 saturated heterocycles. The number of pyridine rings is 1. The van der Waals surface area contributed by atoms with E-state index in [2.05, 4.69) is 31.1 Å². The number of nitrogen functional groups attached to an aromatic ring is 1. The molecule has 3 N–H and O–H groups in total. The van der Waals surface area contributed by atoms with E-state index in [1.807, 2.05) is 6.07 Å². The minimum Gasteiger partial charge on any atom is -0.396 e. The summed E-state index contributed by atoms with van der Waals surface area (Å²) in [6.45, 7) is 6.60. The zero-order valence-electron chi connectivity index (χ0n) is 9.12. The van der Waals surface area contributed by atoms with Crippen molar-refractivity contribution in [3.05, 3.63) is 18.5 Å². The lowest BCUT2D eigenvalue weighted by Gasteiger charge is -2.21. The highest BCUT2D eigenvalue weighted by molar-refractivity contribution is 5.64.